The van der Waals surface area contributed by atoms with Crippen molar-refractivity contribution >= 4 is 29.3 Å². The van der Waals surface area contributed by atoms with Crippen molar-refractivity contribution in [2.75, 3.05) is 13.2 Å². The number of nitrogens with one attached hydrogen (secondary N) is 1. The summed E-state index contributed by atoms with van der Waals surface area (Å²) < 4.78 is 11.1. The highest BCUT2D eigenvalue weighted by molar-refractivity contribution is 7.99. The molecule has 6 heteroatoms. The minimum Gasteiger partial charge on any atom is -0.486 e. The van der Waals surface area contributed by atoms with Gasteiger partial charge in [-0.1, -0.05) is 11.6 Å². The van der Waals surface area contributed by atoms with E-state index < -0.39 is 0 Å². The van der Waals surface area contributed by atoms with Crippen LogP contribution in [0.1, 0.15) is 25.3 Å². The van der Waals surface area contributed by atoms with E-state index in [2.05, 4.69) is 5.32 Å². The summed E-state index contributed by atoms with van der Waals surface area (Å²) in [6, 6.07) is 4.23. The zero-order valence-electron chi connectivity index (χ0n) is 11.9. The topological polar surface area (TPSA) is 47.6 Å². The first-order valence-corrected chi connectivity index (χ1v) is 8.56. The molecule has 3 rings (SSSR count). The lowest BCUT2D eigenvalue weighted by Crippen LogP contribution is -2.32. The summed E-state index contributed by atoms with van der Waals surface area (Å²) in [6.07, 6.45) is 2.22. The SMILES string of the molecule is CC(SCc1cc(Cl)c2c(c1)OCCO2)C(=O)NC1CC1. The Morgan fingerprint density at radius 3 is 2.95 bits per heavy atom. The van der Waals surface area contributed by atoms with E-state index in [9.17, 15) is 4.79 Å². The van der Waals surface area contributed by atoms with Crippen LogP contribution in [0.5, 0.6) is 11.5 Å². The average Bonchev–Trinajstić information content (AvgIpc) is 3.28. The predicted molar refractivity (Wildman–Crippen MR) is 84.4 cm³/mol. The fraction of sp³-hybridized carbons (Fsp3) is 0.533. The van der Waals surface area contributed by atoms with E-state index in [-0.39, 0.29) is 11.2 Å². The number of hydrogen-bond acceptors (Lipinski definition) is 4. The molecule has 0 aromatic heterocycles. The normalized spacial score (nSPS) is 18.2. The molecule has 1 atom stereocenters. The fourth-order valence-electron chi connectivity index (χ4n) is 2.09. The second-order valence-corrected chi connectivity index (χ2v) is 7.07. The van der Waals surface area contributed by atoms with Crippen LogP contribution in [0, 0.1) is 0 Å². The molecule has 1 unspecified atom stereocenters. The van der Waals surface area contributed by atoms with Gasteiger partial charge in [0.05, 0.1) is 10.3 Å². The number of carbonyl (C=O) groups is 1. The Hall–Kier alpha value is -1.07. The number of fused-ring (bicyclic) bond motifs is 1. The lowest BCUT2D eigenvalue weighted by atomic mass is 10.2. The number of hydrogen-bond donors (Lipinski definition) is 1. The van der Waals surface area contributed by atoms with Gasteiger partial charge in [0.2, 0.25) is 5.91 Å². The predicted octanol–water partition coefficient (Wildman–Crippen LogP) is 3.01. The minimum atomic E-state index is -0.0717. The molecule has 21 heavy (non-hydrogen) atoms. The minimum absolute atomic E-state index is 0.0717. The third-order valence-electron chi connectivity index (χ3n) is 3.45. The first kappa shape index (κ1) is 14.9. The van der Waals surface area contributed by atoms with Crippen molar-refractivity contribution < 1.29 is 14.3 Å². The van der Waals surface area contributed by atoms with E-state index in [4.69, 9.17) is 21.1 Å². The van der Waals surface area contributed by atoms with E-state index >= 15 is 0 Å². The van der Waals surface area contributed by atoms with Crippen molar-refractivity contribution in [1.82, 2.24) is 5.32 Å². The van der Waals surface area contributed by atoms with Crippen LogP contribution >= 0.6 is 23.4 Å². The van der Waals surface area contributed by atoms with Crippen molar-refractivity contribution in [3.05, 3.63) is 22.7 Å². The summed E-state index contributed by atoms with van der Waals surface area (Å²) in [5.74, 6) is 2.15. The molecule has 1 amide bonds. The number of rotatable bonds is 5. The van der Waals surface area contributed by atoms with Gasteiger partial charge < -0.3 is 14.8 Å². The van der Waals surface area contributed by atoms with Crippen molar-refractivity contribution in [1.29, 1.82) is 0 Å². The van der Waals surface area contributed by atoms with Gasteiger partial charge in [0.25, 0.3) is 0 Å². The van der Waals surface area contributed by atoms with Gasteiger partial charge in [0, 0.05) is 11.8 Å². The maximum Gasteiger partial charge on any atom is 0.233 e. The summed E-state index contributed by atoms with van der Waals surface area (Å²) >= 11 is 7.81. The molecule has 0 bridgehead atoms. The quantitative estimate of drug-likeness (QED) is 0.903. The number of amides is 1. The number of ether oxygens (including phenoxy) is 2. The Labute approximate surface area is 133 Å². The molecule has 114 valence electrons. The summed E-state index contributed by atoms with van der Waals surface area (Å²) in [5, 5.41) is 3.52. The molecule has 1 aromatic carbocycles. The zero-order chi connectivity index (χ0) is 14.8. The lowest BCUT2D eigenvalue weighted by Gasteiger charge is -2.20. The second-order valence-electron chi connectivity index (χ2n) is 5.34. The molecule has 1 heterocycles. The van der Waals surface area contributed by atoms with E-state index in [1.807, 2.05) is 19.1 Å². The molecule has 1 aliphatic carbocycles. The number of halogens is 1. The third kappa shape index (κ3) is 3.77. The molecular weight excluding hydrogens is 310 g/mol. The summed E-state index contributed by atoms with van der Waals surface area (Å²) in [7, 11) is 0. The zero-order valence-corrected chi connectivity index (χ0v) is 13.4. The van der Waals surface area contributed by atoms with Gasteiger partial charge in [0.15, 0.2) is 11.5 Å². The monoisotopic (exact) mass is 327 g/mol. The molecule has 1 fully saturated rings. The van der Waals surface area contributed by atoms with Crippen LogP contribution in [-0.2, 0) is 10.5 Å². The van der Waals surface area contributed by atoms with Crippen LogP contribution in [0.15, 0.2) is 12.1 Å². The summed E-state index contributed by atoms with van der Waals surface area (Å²) in [4.78, 5) is 11.9. The second kappa shape index (κ2) is 6.36. The molecular formula is C15H18ClNO3S. The summed E-state index contributed by atoms with van der Waals surface area (Å²) in [5.41, 5.74) is 1.04. The van der Waals surface area contributed by atoms with Crippen LogP contribution in [0.2, 0.25) is 5.02 Å². The van der Waals surface area contributed by atoms with E-state index in [0.717, 1.165) is 24.2 Å². The smallest absolute Gasteiger partial charge is 0.233 e. The van der Waals surface area contributed by atoms with Crippen LogP contribution in [0.3, 0.4) is 0 Å². The van der Waals surface area contributed by atoms with Crippen LogP contribution in [0.4, 0.5) is 0 Å². The van der Waals surface area contributed by atoms with Gasteiger partial charge in [-0.05, 0) is 37.5 Å². The molecule has 0 radical (unpaired) electrons. The lowest BCUT2D eigenvalue weighted by molar-refractivity contribution is -0.120. The summed E-state index contributed by atoms with van der Waals surface area (Å²) in [6.45, 7) is 3.00. The largest absolute Gasteiger partial charge is 0.486 e. The fourth-order valence-corrected chi connectivity index (χ4v) is 3.21. The Kier molecular flexibility index (Phi) is 4.50. The highest BCUT2D eigenvalue weighted by atomic mass is 35.5. The number of thioether (sulfide) groups is 1. The Morgan fingerprint density at radius 2 is 2.19 bits per heavy atom. The molecule has 1 N–H and O–H groups in total. The molecule has 0 spiro atoms. The number of carbonyl (C=O) groups excluding carboxylic acids is 1. The Balaban J connectivity index is 1.59. The number of benzene rings is 1. The van der Waals surface area contributed by atoms with Crippen molar-refractivity contribution in [3.8, 4) is 11.5 Å². The van der Waals surface area contributed by atoms with Gasteiger partial charge in [0.1, 0.15) is 13.2 Å². The average molecular weight is 328 g/mol. The van der Waals surface area contributed by atoms with Gasteiger partial charge in [-0.25, -0.2) is 0 Å². The third-order valence-corrected chi connectivity index (χ3v) is 4.94. The van der Waals surface area contributed by atoms with Gasteiger partial charge in [-0.2, -0.15) is 0 Å². The van der Waals surface area contributed by atoms with E-state index in [1.54, 1.807) is 11.8 Å². The standard InChI is InChI=1S/C15H18ClNO3S/c1-9(15(18)17-11-2-3-11)21-8-10-6-12(16)14-13(7-10)19-4-5-20-14/h6-7,9,11H,2-5,8H2,1H3,(H,17,18). The van der Waals surface area contributed by atoms with Crippen LogP contribution in [-0.4, -0.2) is 30.4 Å². The van der Waals surface area contributed by atoms with Gasteiger partial charge in [-0.15, -0.1) is 11.8 Å². The Bertz CT molecular complexity index is 548. The van der Waals surface area contributed by atoms with E-state index in [1.165, 1.54) is 0 Å². The first-order valence-electron chi connectivity index (χ1n) is 7.13. The molecule has 0 saturated heterocycles. The van der Waals surface area contributed by atoms with Crippen LogP contribution < -0.4 is 14.8 Å². The van der Waals surface area contributed by atoms with Gasteiger partial charge >= 0.3 is 0 Å². The first-order chi connectivity index (χ1) is 10.1. The molecule has 1 aromatic rings. The molecule has 4 nitrogen and oxygen atoms in total. The molecule has 2 aliphatic rings. The van der Waals surface area contributed by atoms with E-state index in [0.29, 0.717) is 35.8 Å². The molecule has 1 aliphatic heterocycles. The van der Waals surface area contributed by atoms with Crippen LogP contribution in [0.25, 0.3) is 0 Å². The Morgan fingerprint density at radius 1 is 1.43 bits per heavy atom. The maximum absolute atomic E-state index is 11.9. The molecule has 1 saturated carbocycles. The maximum atomic E-state index is 11.9. The van der Waals surface area contributed by atoms with Gasteiger partial charge in [-0.3, -0.25) is 4.79 Å². The van der Waals surface area contributed by atoms with Crippen molar-refractivity contribution in [2.45, 2.75) is 36.8 Å². The van der Waals surface area contributed by atoms with Crippen molar-refractivity contribution in [2.24, 2.45) is 0 Å². The van der Waals surface area contributed by atoms with Crippen molar-refractivity contribution in [3.63, 3.8) is 0 Å². The highest BCUT2D eigenvalue weighted by Gasteiger charge is 2.26. The highest BCUT2D eigenvalue weighted by Crippen LogP contribution is 2.39.